The predicted octanol–water partition coefficient (Wildman–Crippen LogP) is 4.41. The van der Waals surface area contributed by atoms with Gasteiger partial charge < -0.3 is 10.2 Å². The molecule has 0 bridgehead atoms. The maximum atomic E-state index is 6.49. The Balaban J connectivity index is 2.20. The molecule has 2 heteroatoms. The van der Waals surface area contributed by atoms with Crippen molar-refractivity contribution in [2.24, 2.45) is 5.73 Å². The van der Waals surface area contributed by atoms with E-state index in [9.17, 15) is 0 Å². The highest BCUT2D eigenvalue weighted by Gasteiger charge is 2.17. The molecule has 1 atom stereocenters. The highest BCUT2D eigenvalue weighted by atomic mass is 16.3. The van der Waals surface area contributed by atoms with Gasteiger partial charge in [-0.1, -0.05) is 36.4 Å². The van der Waals surface area contributed by atoms with Crippen LogP contribution in [0.15, 0.2) is 46.9 Å². The lowest BCUT2D eigenvalue weighted by Crippen LogP contribution is -2.12. The highest BCUT2D eigenvalue weighted by molar-refractivity contribution is 5.89. The Morgan fingerprint density at radius 2 is 1.60 bits per heavy atom. The van der Waals surface area contributed by atoms with Crippen molar-refractivity contribution in [1.29, 1.82) is 0 Å². The zero-order chi connectivity index (χ0) is 14.3. The molecule has 2 nitrogen and oxygen atoms in total. The van der Waals surface area contributed by atoms with Crippen LogP contribution in [0.25, 0.3) is 10.8 Å². The third-order valence-corrected chi connectivity index (χ3v) is 3.93. The summed E-state index contributed by atoms with van der Waals surface area (Å²) in [4.78, 5) is 0. The van der Waals surface area contributed by atoms with E-state index in [1.54, 1.807) is 0 Å². The number of hydrogen-bond donors (Lipinski definition) is 1. The number of furan rings is 1. The van der Waals surface area contributed by atoms with E-state index in [-0.39, 0.29) is 6.04 Å². The summed E-state index contributed by atoms with van der Waals surface area (Å²) in [7, 11) is 0. The summed E-state index contributed by atoms with van der Waals surface area (Å²) < 4.78 is 5.61. The van der Waals surface area contributed by atoms with E-state index in [0.717, 1.165) is 22.6 Å². The van der Waals surface area contributed by atoms with Crippen molar-refractivity contribution >= 4 is 10.8 Å². The monoisotopic (exact) mass is 265 g/mol. The summed E-state index contributed by atoms with van der Waals surface area (Å²) in [6.45, 7) is 6.06. The largest absolute Gasteiger partial charge is 0.466 e. The van der Waals surface area contributed by atoms with Gasteiger partial charge in [-0.3, -0.25) is 0 Å². The van der Waals surface area contributed by atoms with Crippen LogP contribution in [0.4, 0.5) is 0 Å². The van der Waals surface area contributed by atoms with Crippen molar-refractivity contribution in [3.05, 3.63) is 70.7 Å². The van der Waals surface area contributed by atoms with Crippen LogP contribution in [0.1, 0.15) is 34.3 Å². The lowest BCUT2D eigenvalue weighted by atomic mass is 9.92. The number of aryl methyl sites for hydroxylation is 3. The van der Waals surface area contributed by atoms with Crippen LogP contribution in [-0.4, -0.2) is 0 Å². The average molecular weight is 265 g/mol. The SMILES string of the molecule is Cc1cc(C(N)c2ccc(C)c3ccccc23)c(C)o1. The fraction of sp³-hybridized carbons (Fsp3) is 0.222. The molecule has 0 spiro atoms. The molecule has 1 aromatic heterocycles. The Morgan fingerprint density at radius 1 is 0.900 bits per heavy atom. The Hall–Kier alpha value is -2.06. The number of fused-ring (bicyclic) bond motifs is 1. The number of hydrogen-bond acceptors (Lipinski definition) is 2. The molecule has 0 saturated carbocycles. The first-order valence-electron chi connectivity index (χ1n) is 6.88. The van der Waals surface area contributed by atoms with E-state index in [1.807, 2.05) is 19.9 Å². The third kappa shape index (κ3) is 2.02. The molecule has 20 heavy (non-hydrogen) atoms. The van der Waals surface area contributed by atoms with Crippen molar-refractivity contribution in [3.63, 3.8) is 0 Å². The maximum Gasteiger partial charge on any atom is 0.106 e. The molecule has 0 radical (unpaired) electrons. The van der Waals surface area contributed by atoms with Gasteiger partial charge in [-0.25, -0.2) is 0 Å². The second-order valence-electron chi connectivity index (χ2n) is 5.36. The van der Waals surface area contributed by atoms with Crippen LogP contribution < -0.4 is 5.73 Å². The van der Waals surface area contributed by atoms with Crippen molar-refractivity contribution < 1.29 is 4.42 Å². The topological polar surface area (TPSA) is 39.2 Å². The molecule has 2 aromatic carbocycles. The van der Waals surface area contributed by atoms with Gasteiger partial charge in [0.1, 0.15) is 11.5 Å². The van der Waals surface area contributed by atoms with E-state index in [0.29, 0.717) is 0 Å². The van der Waals surface area contributed by atoms with Crippen LogP contribution >= 0.6 is 0 Å². The molecule has 0 aliphatic carbocycles. The highest BCUT2D eigenvalue weighted by Crippen LogP contribution is 2.31. The summed E-state index contributed by atoms with van der Waals surface area (Å²) in [5.74, 6) is 1.81. The van der Waals surface area contributed by atoms with Crippen LogP contribution in [0.5, 0.6) is 0 Å². The van der Waals surface area contributed by atoms with Crippen molar-refractivity contribution in [2.45, 2.75) is 26.8 Å². The smallest absolute Gasteiger partial charge is 0.106 e. The number of benzene rings is 2. The molecule has 0 aliphatic rings. The number of rotatable bonds is 2. The minimum atomic E-state index is -0.155. The van der Waals surface area contributed by atoms with E-state index < -0.39 is 0 Å². The molecule has 3 rings (SSSR count). The first-order chi connectivity index (χ1) is 9.58. The minimum absolute atomic E-state index is 0.155. The standard InChI is InChI=1S/C18H19NO/c1-11-8-9-16(15-7-5-4-6-14(11)15)18(19)17-10-12(2)20-13(17)3/h4-10,18H,19H2,1-3H3. The summed E-state index contributed by atoms with van der Waals surface area (Å²) in [5.41, 5.74) is 9.98. The second-order valence-corrected chi connectivity index (χ2v) is 5.36. The Morgan fingerprint density at radius 3 is 2.25 bits per heavy atom. The molecule has 2 N–H and O–H groups in total. The van der Waals surface area contributed by atoms with Crippen LogP contribution in [0.2, 0.25) is 0 Å². The van der Waals surface area contributed by atoms with Crippen molar-refractivity contribution in [3.8, 4) is 0 Å². The van der Waals surface area contributed by atoms with E-state index in [4.69, 9.17) is 10.2 Å². The van der Waals surface area contributed by atoms with E-state index >= 15 is 0 Å². The average Bonchev–Trinajstić information content (AvgIpc) is 2.78. The van der Waals surface area contributed by atoms with Gasteiger partial charge in [0.15, 0.2) is 0 Å². The quantitative estimate of drug-likeness (QED) is 0.745. The molecule has 102 valence electrons. The number of nitrogens with two attached hydrogens (primary N) is 1. The maximum absolute atomic E-state index is 6.49. The molecule has 0 fully saturated rings. The van der Waals surface area contributed by atoms with Crippen LogP contribution in [-0.2, 0) is 0 Å². The second kappa shape index (κ2) is 4.80. The molecule has 1 unspecified atom stereocenters. The van der Waals surface area contributed by atoms with Gasteiger partial charge in [-0.05, 0) is 48.7 Å². The molecule has 0 saturated heterocycles. The van der Waals surface area contributed by atoms with E-state index in [2.05, 4.69) is 43.3 Å². The normalized spacial score (nSPS) is 12.8. The zero-order valence-corrected chi connectivity index (χ0v) is 12.1. The minimum Gasteiger partial charge on any atom is -0.466 e. The van der Waals surface area contributed by atoms with E-state index in [1.165, 1.54) is 16.3 Å². The molecule has 0 aliphatic heterocycles. The fourth-order valence-corrected chi connectivity index (χ4v) is 2.87. The summed E-state index contributed by atoms with van der Waals surface area (Å²) in [6.07, 6.45) is 0. The predicted molar refractivity (Wildman–Crippen MR) is 82.9 cm³/mol. The molecule has 0 amide bonds. The van der Waals surface area contributed by atoms with Gasteiger partial charge in [0.05, 0.1) is 6.04 Å². The summed E-state index contributed by atoms with van der Waals surface area (Å²) >= 11 is 0. The first kappa shape index (κ1) is 12.9. The van der Waals surface area contributed by atoms with Crippen molar-refractivity contribution in [1.82, 2.24) is 0 Å². The Bertz CT molecular complexity index is 770. The summed E-state index contributed by atoms with van der Waals surface area (Å²) in [5, 5.41) is 2.48. The van der Waals surface area contributed by atoms with Gasteiger partial charge >= 0.3 is 0 Å². The van der Waals surface area contributed by atoms with Crippen LogP contribution in [0, 0.1) is 20.8 Å². The zero-order valence-electron chi connectivity index (χ0n) is 12.1. The van der Waals surface area contributed by atoms with Gasteiger partial charge in [0, 0.05) is 5.56 Å². The molecular formula is C18H19NO. The Kier molecular flexibility index (Phi) is 3.11. The van der Waals surface area contributed by atoms with Gasteiger partial charge in [-0.15, -0.1) is 0 Å². The van der Waals surface area contributed by atoms with Crippen molar-refractivity contribution in [2.75, 3.05) is 0 Å². The fourth-order valence-electron chi connectivity index (χ4n) is 2.87. The lowest BCUT2D eigenvalue weighted by Gasteiger charge is -2.15. The first-order valence-corrected chi connectivity index (χ1v) is 6.88. The lowest BCUT2D eigenvalue weighted by molar-refractivity contribution is 0.500. The molecule has 3 aromatic rings. The van der Waals surface area contributed by atoms with Crippen LogP contribution in [0.3, 0.4) is 0 Å². The Labute approximate surface area is 119 Å². The summed E-state index contributed by atoms with van der Waals surface area (Å²) in [6, 6.07) is 14.6. The molecule has 1 heterocycles. The van der Waals surface area contributed by atoms with Gasteiger partial charge in [0.2, 0.25) is 0 Å². The molecular weight excluding hydrogens is 246 g/mol. The third-order valence-electron chi connectivity index (χ3n) is 3.93. The van der Waals surface area contributed by atoms with Gasteiger partial charge in [-0.2, -0.15) is 0 Å². The van der Waals surface area contributed by atoms with Gasteiger partial charge in [0.25, 0.3) is 0 Å².